The summed E-state index contributed by atoms with van der Waals surface area (Å²) >= 11 is 1.51. The summed E-state index contributed by atoms with van der Waals surface area (Å²) in [4.78, 5) is 12.0. The highest BCUT2D eigenvalue weighted by Crippen LogP contribution is 2.33. The molecule has 0 saturated heterocycles. The lowest BCUT2D eigenvalue weighted by molar-refractivity contribution is -0.140. The molecule has 1 aromatic carbocycles. The van der Waals surface area contributed by atoms with Crippen molar-refractivity contribution in [1.29, 1.82) is 0 Å². The number of benzene rings is 1. The second-order valence-corrected chi connectivity index (χ2v) is 4.99. The van der Waals surface area contributed by atoms with Crippen molar-refractivity contribution in [2.45, 2.75) is 13.0 Å². The number of tetrazole rings is 1. The molecule has 7 heteroatoms. The Bertz CT molecular complexity index is 749. The predicted molar refractivity (Wildman–Crippen MR) is 71.0 cm³/mol. The number of fused-ring (bicyclic) bond motifs is 1. The molecule has 0 fully saturated rings. The van der Waals surface area contributed by atoms with E-state index in [1.54, 1.807) is 6.92 Å². The summed E-state index contributed by atoms with van der Waals surface area (Å²) in [6.45, 7) is 1.55. The van der Waals surface area contributed by atoms with Gasteiger partial charge in [-0.25, -0.2) is 9.48 Å². The first-order valence-corrected chi connectivity index (χ1v) is 6.53. The normalized spacial score (nSPS) is 12.7. The molecule has 0 radical (unpaired) electrons. The maximum atomic E-state index is 11.1. The number of nitrogens with zero attached hydrogens (tertiary/aromatic N) is 4. The van der Waals surface area contributed by atoms with E-state index in [-0.39, 0.29) is 0 Å². The third-order valence-electron chi connectivity index (χ3n) is 2.93. The molecule has 3 rings (SSSR count). The first-order valence-electron chi connectivity index (χ1n) is 5.66. The van der Waals surface area contributed by atoms with Crippen LogP contribution in [0.4, 0.5) is 0 Å². The summed E-state index contributed by atoms with van der Waals surface area (Å²) in [6.07, 6.45) is 0. The van der Waals surface area contributed by atoms with E-state index >= 15 is 0 Å². The van der Waals surface area contributed by atoms with Gasteiger partial charge in [-0.2, -0.15) is 0 Å². The fraction of sp³-hybridized carbons (Fsp3) is 0.167. The Morgan fingerprint density at radius 1 is 1.42 bits per heavy atom. The summed E-state index contributed by atoms with van der Waals surface area (Å²) in [5.41, 5.74) is 0. The van der Waals surface area contributed by atoms with Gasteiger partial charge in [-0.1, -0.05) is 24.3 Å². The van der Waals surface area contributed by atoms with Crippen molar-refractivity contribution in [2.75, 3.05) is 0 Å². The molecular weight excluding hydrogens is 264 g/mol. The average molecular weight is 274 g/mol. The third-order valence-corrected chi connectivity index (χ3v) is 3.94. The quantitative estimate of drug-likeness (QED) is 0.791. The molecule has 0 aliphatic carbocycles. The Balaban J connectivity index is 2.18. The first-order chi connectivity index (χ1) is 9.18. The van der Waals surface area contributed by atoms with Gasteiger partial charge in [0.05, 0.1) is 4.88 Å². The van der Waals surface area contributed by atoms with Crippen LogP contribution in [0.5, 0.6) is 0 Å². The molecule has 0 saturated carbocycles. The van der Waals surface area contributed by atoms with Gasteiger partial charge < -0.3 is 5.11 Å². The Hall–Kier alpha value is -2.28. The van der Waals surface area contributed by atoms with Crippen molar-refractivity contribution in [3.8, 4) is 10.7 Å². The zero-order valence-electron chi connectivity index (χ0n) is 10.0. The Morgan fingerprint density at radius 3 is 3.00 bits per heavy atom. The van der Waals surface area contributed by atoms with E-state index in [4.69, 9.17) is 5.11 Å². The van der Waals surface area contributed by atoms with Crippen LogP contribution in [-0.4, -0.2) is 31.3 Å². The smallest absolute Gasteiger partial charge is 0.328 e. The number of carboxylic acid groups (broad SMARTS) is 1. The molecule has 0 aliphatic heterocycles. The molecular formula is C12H10N4O2S. The topological polar surface area (TPSA) is 80.9 Å². The van der Waals surface area contributed by atoms with Crippen LogP contribution < -0.4 is 0 Å². The highest BCUT2D eigenvalue weighted by Gasteiger charge is 2.22. The molecule has 96 valence electrons. The standard InChI is InChI=1S/C12H10N4O2S/c1-7(12(17)18)16-11(13-14-15-16)10-9-5-3-2-4-8(9)6-19-10/h2-7H,1H3,(H,17,18). The van der Waals surface area contributed by atoms with Crippen molar-refractivity contribution in [3.63, 3.8) is 0 Å². The SMILES string of the molecule is CC(C(=O)O)n1nnnc1-c1scc2ccccc12. The lowest BCUT2D eigenvalue weighted by atomic mass is 10.2. The molecule has 0 amide bonds. The second-order valence-electron chi connectivity index (χ2n) is 4.11. The van der Waals surface area contributed by atoms with Crippen LogP contribution in [0, 0.1) is 0 Å². The van der Waals surface area contributed by atoms with E-state index in [0.717, 1.165) is 15.6 Å². The van der Waals surface area contributed by atoms with Crippen LogP contribution in [0.15, 0.2) is 29.6 Å². The van der Waals surface area contributed by atoms with Crippen molar-refractivity contribution in [1.82, 2.24) is 20.2 Å². The van der Waals surface area contributed by atoms with Crippen LogP contribution >= 0.6 is 11.3 Å². The minimum atomic E-state index is -0.964. The summed E-state index contributed by atoms with van der Waals surface area (Å²) < 4.78 is 1.33. The highest BCUT2D eigenvalue weighted by molar-refractivity contribution is 7.15. The van der Waals surface area contributed by atoms with Gasteiger partial charge in [0.2, 0.25) is 0 Å². The van der Waals surface area contributed by atoms with Crippen LogP contribution in [-0.2, 0) is 4.79 Å². The van der Waals surface area contributed by atoms with Gasteiger partial charge >= 0.3 is 5.97 Å². The van der Waals surface area contributed by atoms with E-state index in [1.165, 1.54) is 16.0 Å². The van der Waals surface area contributed by atoms with Gasteiger partial charge in [-0.3, -0.25) is 0 Å². The molecule has 0 spiro atoms. The number of rotatable bonds is 3. The van der Waals surface area contributed by atoms with Crippen LogP contribution in [0.2, 0.25) is 0 Å². The van der Waals surface area contributed by atoms with Gasteiger partial charge in [-0.05, 0) is 28.1 Å². The second kappa shape index (κ2) is 4.43. The van der Waals surface area contributed by atoms with Crippen molar-refractivity contribution in [2.24, 2.45) is 0 Å². The Kier molecular flexibility index (Phi) is 2.75. The van der Waals surface area contributed by atoms with Crippen LogP contribution in [0.1, 0.15) is 13.0 Å². The number of hydrogen-bond donors (Lipinski definition) is 1. The van der Waals surface area contributed by atoms with Crippen molar-refractivity contribution >= 4 is 28.1 Å². The summed E-state index contributed by atoms with van der Waals surface area (Å²) in [6, 6.07) is 7.08. The van der Waals surface area contributed by atoms with Gasteiger partial charge in [0.1, 0.15) is 0 Å². The maximum absolute atomic E-state index is 11.1. The third kappa shape index (κ3) is 1.88. The number of aromatic nitrogens is 4. The predicted octanol–water partition coefficient (Wildman–Crippen LogP) is 2.20. The molecule has 19 heavy (non-hydrogen) atoms. The number of aliphatic carboxylic acids is 1. The van der Waals surface area contributed by atoms with E-state index in [2.05, 4.69) is 15.5 Å². The van der Waals surface area contributed by atoms with Gasteiger partial charge in [0.15, 0.2) is 11.9 Å². The van der Waals surface area contributed by atoms with Gasteiger partial charge in [-0.15, -0.1) is 16.4 Å². The lowest BCUT2D eigenvalue weighted by Crippen LogP contribution is -2.17. The minimum Gasteiger partial charge on any atom is -0.480 e. The molecule has 0 bridgehead atoms. The van der Waals surface area contributed by atoms with Gasteiger partial charge in [0, 0.05) is 5.39 Å². The zero-order chi connectivity index (χ0) is 13.4. The van der Waals surface area contributed by atoms with Gasteiger partial charge in [0.25, 0.3) is 0 Å². The number of carbonyl (C=O) groups is 1. The number of carboxylic acids is 1. The summed E-state index contributed by atoms with van der Waals surface area (Å²) in [5.74, 6) is -0.476. The zero-order valence-corrected chi connectivity index (χ0v) is 10.8. The largest absolute Gasteiger partial charge is 0.480 e. The van der Waals surface area contributed by atoms with E-state index < -0.39 is 12.0 Å². The molecule has 3 aromatic rings. The van der Waals surface area contributed by atoms with E-state index in [9.17, 15) is 4.79 Å². The molecule has 6 nitrogen and oxygen atoms in total. The molecule has 1 atom stereocenters. The van der Waals surface area contributed by atoms with Crippen LogP contribution in [0.3, 0.4) is 0 Å². The highest BCUT2D eigenvalue weighted by atomic mass is 32.1. The molecule has 1 unspecified atom stereocenters. The van der Waals surface area contributed by atoms with Crippen LogP contribution in [0.25, 0.3) is 21.5 Å². The maximum Gasteiger partial charge on any atom is 0.328 e. The summed E-state index contributed by atoms with van der Waals surface area (Å²) in [7, 11) is 0. The van der Waals surface area contributed by atoms with Crippen molar-refractivity contribution < 1.29 is 9.90 Å². The monoisotopic (exact) mass is 274 g/mol. The lowest BCUT2D eigenvalue weighted by Gasteiger charge is -2.07. The molecule has 1 N–H and O–H groups in total. The number of hydrogen-bond acceptors (Lipinski definition) is 5. The van der Waals surface area contributed by atoms with E-state index in [1.807, 2.05) is 29.6 Å². The van der Waals surface area contributed by atoms with Crippen molar-refractivity contribution in [3.05, 3.63) is 29.6 Å². The average Bonchev–Trinajstić information content (AvgIpc) is 3.03. The Labute approximate surface area is 112 Å². The fourth-order valence-electron chi connectivity index (χ4n) is 1.87. The minimum absolute atomic E-state index is 0.487. The number of thiophene rings is 1. The molecule has 2 aromatic heterocycles. The molecule has 0 aliphatic rings. The Morgan fingerprint density at radius 2 is 2.21 bits per heavy atom. The molecule has 2 heterocycles. The fourth-order valence-corrected chi connectivity index (χ4v) is 2.88. The first kappa shape index (κ1) is 11.8. The van der Waals surface area contributed by atoms with E-state index in [0.29, 0.717) is 5.82 Å². The summed E-state index contributed by atoms with van der Waals surface area (Å²) in [5, 5.41) is 24.5.